The highest BCUT2D eigenvalue weighted by molar-refractivity contribution is 8.23. The molecule has 0 aromatic rings. The van der Waals surface area contributed by atoms with E-state index in [4.69, 9.17) is 16.8 Å². The molecular formula is C15H23BO5P2. The van der Waals surface area contributed by atoms with E-state index < -0.39 is 13.8 Å². The normalized spacial score (nSPS) is 30.9. The van der Waals surface area contributed by atoms with E-state index in [1.54, 1.807) is 6.08 Å². The molecule has 1 fully saturated rings. The van der Waals surface area contributed by atoms with Crippen molar-refractivity contribution in [2.75, 3.05) is 0 Å². The van der Waals surface area contributed by atoms with Crippen LogP contribution >= 0.6 is 16.6 Å². The van der Waals surface area contributed by atoms with Gasteiger partial charge in [-0.15, -0.1) is 0 Å². The molecule has 1 aliphatic carbocycles. The summed E-state index contributed by atoms with van der Waals surface area (Å²) in [6, 6.07) is 0. The Morgan fingerprint density at radius 1 is 1.57 bits per heavy atom. The van der Waals surface area contributed by atoms with Gasteiger partial charge in [0.05, 0.1) is 18.3 Å². The summed E-state index contributed by atoms with van der Waals surface area (Å²) in [5, 5.41) is 19.6. The Morgan fingerprint density at radius 3 is 2.96 bits per heavy atom. The predicted molar refractivity (Wildman–Crippen MR) is 94.0 cm³/mol. The number of ether oxygens (including phenoxy) is 1. The highest BCUT2D eigenvalue weighted by Crippen LogP contribution is 2.49. The average molecular weight is 356 g/mol. The van der Waals surface area contributed by atoms with Crippen molar-refractivity contribution in [3.63, 3.8) is 0 Å². The van der Waals surface area contributed by atoms with E-state index in [0.29, 0.717) is 25.7 Å². The fourth-order valence-electron chi connectivity index (χ4n) is 2.95. The summed E-state index contributed by atoms with van der Waals surface area (Å²) < 4.78 is 11.0. The molecule has 0 bridgehead atoms. The van der Waals surface area contributed by atoms with Crippen molar-refractivity contribution in [2.45, 2.75) is 57.0 Å². The van der Waals surface area contributed by atoms with Gasteiger partial charge < -0.3 is 19.5 Å². The summed E-state index contributed by atoms with van der Waals surface area (Å²) in [5.74, 6) is -0.444. The maximum atomic E-state index is 11.4. The molecule has 23 heavy (non-hydrogen) atoms. The van der Waals surface area contributed by atoms with E-state index in [-0.39, 0.29) is 30.2 Å². The van der Waals surface area contributed by atoms with Gasteiger partial charge in [-0.05, 0) is 32.6 Å². The van der Waals surface area contributed by atoms with Crippen molar-refractivity contribution in [3.8, 4) is 0 Å². The highest BCUT2D eigenvalue weighted by Gasteiger charge is 2.44. The summed E-state index contributed by atoms with van der Waals surface area (Å²) in [5.41, 5.74) is 0.888. The van der Waals surface area contributed by atoms with Gasteiger partial charge in [0, 0.05) is 18.4 Å². The van der Waals surface area contributed by atoms with E-state index >= 15 is 0 Å². The monoisotopic (exact) mass is 356 g/mol. The number of aliphatic hydroxyl groups is 2. The summed E-state index contributed by atoms with van der Waals surface area (Å²) >= 11 is 0. The van der Waals surface area contributed by atoms with E-state index in [0.717, 1.165) is 5.57 Å². The first-order valence-electron chi connectivity index (χ1n) is 7.83. The summed E-state index contributed by atoms with van der Waals surface area (Å²) in [6.45, 7) is 1.91. The van der Waals surface area contributed by atoms with Gasteiger partial charge in [-0.3, -0.25) is 0 Å². The van der Waals surface area contributed by atoms with Crippen LogP contribution in [0.15, 0.2) is 23.8 Å². The van der Waals surface area contributed by atoms with Crippen LogP contribution in [0, 0.1) is 5.92 Å². The molecule has 8 heteroatoms. The third kappa shape index (κ3) is 5.37. The van der Waals surface area contributed by atoms with Crippen LogP contribution in [0.1, 0.15) is 32.6 Å². The van der Waals surface area contributed by atoms with E-state index in [1.165, 1.54) is 6.08 Å². The van der Waals surface area contributed by atoms with Crippen molar-refractivity contribution in [2.24, 2.45) is 5.92 Å². The fourth-order valence-corrected chi connectivity index (χ4v) is 3.95. The Hall–Kier alpha value is -0.245. The van der Waals surface area contributed by atoms with Crippen molar-refractivity contribution in [1.82, 2.24) is 0 Å². The quantitative estimate of drug-likeness (QED) is 0.301. The van der Waals surface area contributed by atoms with Crippen molar-refractivity contribution >= 4 is 30.2 Å². The van der Waals surface area contributed by atoms with Crippen molar-refractivity contribution in [1.29, 1.82) is 0 Å². The summed E-state index contributed by atoms with van der Waals surface area (Å²) in [7, 11) is 7.10. The molecule has 0 aromatic heterocycles. The van der Waals surface area contributed by atoms with Crippen LogP contribution in [0.25, 0.3) is 0 Å². The smallest absolute Gasteiger partial charge is 0.331 e. The minimum absolute atomic E-state index is 0.119. The Balaban J connectivity index is 1.99. The van der Waals surface area contributed by atoms with Gasteiger partial charge in [-0.25, -0.2) is 4.79 Å². The van der Waals surface area contributed by atoms with E-state index in [1.807, 2.05) is 13.0 Å². The minimum atomic E-state index is -1.09. The molecule has 2 rings (SSSR count). The standard InChI is InChI=1S/C15H23BO5P2/c1-2-9(17)3-4-10(18)5-6-11-12-7-15(19)20-13(12)8-14(11)21-23(16)22/h5-7,9-11,13-14,17-18H,2-4,8,22H2,1H3/b6-5+. The van der Waals surface area contributed by atoms with Gasteiger partial charge in [0.2, 0.25) is 0 Å². The van der Waals surface area contributed by atoms with Crippen LogP contribution in [-0.4, -0.2) is 48.2 Å². The first kappa shape index (κ1) is 19.1. The molecule has 2 N–H and O–H groups in total. The maximum Gasteiger partial charge on any atom is 0.331 e. The van der Waals surface area contributed by atoms with Gasteiger partial charge in [-0.2, -0.15) is 0 Å². The molecule has 7 atom stereocenters. The average Bonchev–Trinajstić information content (AvgIpc) is 2.97. The number of hydrogen-bond acceptors (Lipinski definition) is 5. The molecule has 0 aromatic carbocycles. The summed E-state index contributed by atoms with van der Waals surface area (Å²) in [6.07, 6.45) is 5.97. The predicted octanol–water partition coefficient (Wildman–Crippen LogP) is 1.98. The van der Waals surface area contributed by atoms with E-state index in [2.05, 4.69) is 8.93 Å². The molecule has 126 valence electrons. The van der Waals surface area contributed by atoms with Crippen LogP contribution < -0.4 is 0 Å². The molecule has 1 aliphatic heterocycles. The Morgan fingerprint density at radius 2 is 2.30 bits per heavy atom. The lowest BCUT2D eigenvalue weighted by molar-refractivity contribution is -0.138. The molecule has 2 aliphatic rings. The van der Waals surface area contributed by atoms with Gasteiger partial charge >= 0.3 is 5.97 Å². The molecule has 1 heterocycles. The van der Waals surface area contributed by atoms with Crippen molar-refractivity contribution < 1.29 is 24.3 Å². The first-order valence-corrected chi connectivity index (χ1v) is 10.8. The Kier molecular flexibility index (Phi) is 7.25. The summed E-state index contributed by atoms with van der Waals surface area (Å²) in [4.78, 5) is 11.4. The number of hydrogen-bond donors (Lipinski definition) is 2. The lowest BCUT2D eigenvalue weighted by Gasteiger charge is -2.20. The largest absolute Gasteiger partial charge is 0.455 e. The highest BCUT2D eigenvalue weighted by atomic mass is 32.0. The molecule has 0 spiro atoms. The zero-order valence-electron chi connectivity index (χ0n) is 13.2. The molecule has 5 nitrogen and oxygen atoms in total. The maximum absolute atomic E-state index is 11.4. The Bertz CT molecular complexity index is 482. The minimum Gasteiger partial charge on any atom is -0.455 e. The number of carbonyl (C=O) groups excluding carboxylic acids is 1. The van der Waals surface area contributed by atoms with E-state index in [9.17, 15) is 15.0 Å². The zero-order chi connectivity index (χ0) is 17.0. The molecule has 1 saturated carbocycles. The molecule has 0 amide bonds. The van der Waals surface area contributed by atoms with Gasteiger partial charge in [0.15, 0.2) is 7.57 Å². The van der Waals surface area contributed by atoms with Gasteiger partial charge in [0.1, 0.15) is 6.10 Å². The van der Waals surface area contributed by atoms with Crippen LogP contribution in [0.2, 0.25) is 0 Å². The van der Waals surface area contributed by atoms with Gasteiger partial charge in [0.25, 0.3) is 0 Å². The lowest BCUT2D eigenvalue weighted by atomic mass is 9.98. The fraction of sp³-hybridized carbons (Fsp3) is 0.667. The lowest BCUT2D eigenvalue weighted by Crippen LogP contribution is -2.17. The number of aliphatic hydroxyl groups excluding tert-OH is 2. The van der Waals surface area contributed by atoms with Crippen molar-refractivity contribution in [3.05, 3.63) is 23.8 Å². The second kappa shape index (κ2) is 8.73. The molecule has 0 saturated heterocycles. The molecule has 2 radical (unpaired) electrons. The topological polar surface area (TPSA) is 76.0 Å². The number of esters is 1. The Labute approximate surface area is 141 Å². The number of carbonyl (C=O) groups is 1. The number of rotatable bonds is 8. The van der Waals surface area contributed by atoms with Gasteiger partial charge in [-0.1, -0.05) is 28.0 Å². The van der Waals surface area contributed by atoms with Crippen LogP contribution in [0.5, 0.6) is 0 Å². The zero-order valence-corrected chi connectivity index (χ0v) is 15.2. The first-order chi connectivity index (χ1) is 10.9. The third-order valence-corrected chi connectivity index (χ3v) is 5.09. The van der Waals surface area contributed by atoms with Crippen LogP contribution in [-0.2, 0) is 14.1 Å². The number of fused-ring (bicyclic) bond motifs is 1. The molecule has 7 unspecified atom stereocenters. The van der Waals surface area contributed by atoms with Crippen LogP contribution in [0.4, 0.5) is 0 Å². The molecular weight excluding hydrogens is 333 g/mol. The third-order valence-electron chi connectivity index (χ3n) is 4.21. The SMILES string of the molecule is [B]P(P)OC1CC2OC(=O)C=C2C1/C=C/C(O)CCC(O)CC. The van der Waals surface area contributed by atoms with Crippen LogP contribution in [0.3, 0.4) is 0 Å². The second-order valence-electron chi connectivity index (χ2n) is 5.93. The second-order valence-corrected chi connectivity index (χ2v) is 8.38.